The SMILES string of the molecule is O=C(NCC1CCCO1)c1ccccc1OCC(=O)N1CCCCCC1. The summed E-state index contributed by atoms with van der Waals surface area (Å²) in [7, 11) is 0. The number of ether oxygens (including phenoxy) is 2. The molecular formula is C20H28N2O4. The van der Waals surface area contributed by atoms with Gasteiger partial charge in [-0.15, -0.1) is 0 Å². The Morgan fingerprint density at radius 2 is 1.88 bits per heavy atom. The van der Waals surface area contributed by atoms with Crippen LogP contribution in [0.2, 0.25) is 0 Å². The summed E-state index contributed by atoms with van der Waals surface area (Å²) in [6, 6.07) is 7.06. The van der Waals surface area contributed by atoms with Crippen LogP contribution in [0.1, 0.15) is 48.9 Å². The summed E-state index contributed by atoms with van der Waals surface area (Å²) in [4.78, 5) is 26.7. The van der Waals surface area contributed by atoms with Crippen molar-refractivity contribution >= 4 is 11.8 Å². The van der Waals surface area contributed by atoms with Crippen molar-refractivity contribution in [1.29, 1.82) is 0 Å². The van der Waals surface area contributed by atoms with Gasteiger partial charge in [0.1, 0.15) is 5.75 Å². The first-order valence-corrected chi connectivity index (χ1v) is 9.63. The molecule has 2 amide bonds. The number of para-hydroxylation sites is 1. The fraction of sp³-hybridized carbons (Fsp3) is 0.600. The van der Waals surface area contributed by atoms with E-state index in [0.29, 0.717) is 17.9 Å². The van der Waals surface area contributed by atoms with Crippen LogP contribution in [0.4, 0.5) is 0 Å². The summed E-state index contributed by atoms with van der Waals surface area (Å²) in [5, 5.41) is 2.90. The van der Waals surface area contributed by atoms with Gasteiger partial charge in [-0.2, -0.15) is 0 Å². The molecule has 0 aliphatic carbocycles. The Balaban J connectivity index is 1.54. The van der Waals surface area contributed by atoms with E-state index >= 15 is 0 Å². The van der Waals surface area contributed by atoms with Gasteiger partial charge in [-0.05, 0) is 37.8 Å². The highest BCUT2D eigenvalue weighted by Crippen LogP contribution is 2.19. The molecule has 26 heavy (non-hydrogen) atoms. The fourth-order valence-electron chi connectivity index (χ4n) is 3.44. The van der Waals surface area contributed by atoms with Gasteiger partial charge in [-0.3, -0.25) is 9.59 Å². The quantitative estimate of drug-likeness (QED) is 0.846. The highest BCUT2D eigenvalue weighted by atomic mass is 16.5. The number of hydrogen-bond acceptors (Lipinski definition) is 4. The van der Waals surface area contributed by atoms with Crippen molar-refractivity contribution in [2.75, 3.05) is 32.8 Å². The van der Waals surface area contributed by atoms with Gasteiger partial charge in [0, 0.05) is 26.2 Å². The monoisotopic (exact) mass is 360 g/mol. The molecule has 0 aromatic heterocycles. The Kier molecular flexibility index (Phi) is 6.89. The predicted octanol–water partition coefficient (Wildman–Crippen LogP) is 2.38. The zero-order chi connectivity index (χ0) is 18.2. The van der Waals surface area contributed by atoms with Crippen molar-refractivity contribution < 1.29 is 19.1 Å². The topological polar surface area (TPSA) is 67.9 Å². The van der Waals surface area contributed by atoms with E-state index in [0.717, 1.165) is 45.4 Å². The largest absolute Gasteiger partial charge is 0.483 e. The van der Waals surface area contributed by atoms with Crippen LogP contribution >= 0.6 is 0 Å². The van der Waals surface area contributed by atoms with Crippen LogP contribution in [-0.4, -0.2) is 55.7 Å². The van der Waals surface area contributed by atoms with Gasteiger partial charge >= 0.3 is 0 Å². The van der Waals surface area contributed by atoms with Gasteiger partial charge in [0.15, 0.2) is 6.61 Å². The third-order valence-electron chi connectivity index (χ3n) is 4.96. The minimum Gasteiger partial charge on any atom is -0.483 e. The normalized spacial score (nSPS) is 20.5. The molecule has 2 aliphatic rings. The second-order valence-corrected chi connectivity index (χ2v) is 6.92. The van der Waals surface area contributed by atoms with E-state index in [-0.39, 0.29) is 24.5 Å². The smallest absolute Gasteiger partial charge is 0.260 e. The summed E-state index contributed by atoms with van der Waals surface area (Å²) in [6.45, 7) is 2.83. The predicted molar refractivity (Wildman–Crippen MR) is 98.3 cm³/mol. The molecule has 0 spiro atoms. The van der Waals surface area contributed by atoms with Crippen molar-refractivity contribution in [1.82, 2.24) is 10.2 Å². The van der Waals surface area contributed by atoms with Crippen LogP contribution in [0, 0.1) is 0 Å². The van der Waals surface area contributed by atoms with Crippen LogP contribution in [0.5, 0.6) is 5.75 Å². The average Bonchev–Trinajstić information content (AvgIpc) is 3.04. The number of carbonyl (C=O) groups excluding carboxylic acids is 2. The lowest BCUT2D eigenvalue weighted by Gasteiger charge is -2.20. The van der Waals surface area contributed by atoms with Crippen molar-refractivity contribution in [3.8, 4) is 5.75 Å². The van der Waals surface area contributed by atoms with Crippen LogP contribution in [0.25, 0.3) is 0 Å². The van der Waals surface area contributed by atoms with Crippen LogP contribution in [0.15, 0.2) is 24.3 Å². The van der Waals surface area contributed by atoms with Crippen LogP contribution < -0.4 is 10.1 Å². The first-order valence-electron chi connectivity index (χ1n) is 9.63. The maximum absolute atomic E-state index is 12.5. The van der Waals surface area contributed by atoms with Gasteiger partial charge in [-0.25, -0.2) is 0 Å². The summed E-state index contributed by atoms with van der Waals surface area (Å²) in [5.41, 5.74) is 0.453. The molecule has 1 atom stereocenters. The molecule has 0 saturated carbocycles. The van der Waals surface area contributed by atoms with E-state index in [4.69, 9.17) is 9.47 Å². The van der Waals surface area contributed by atoms with Crippen LogP contribution in [-0.2, 0) is 9.53 Å². The number of amides is 2. The molecule has 142 valence electrons. The average molecular weight is 360 g/mol. The molecule has 1 aromatic carbocycles. The molecule has 1 aromatic rings. The summed E-state index contributed by atoms with van der Waals surface area (Å²) < 4.78 is 11.2. The molecule has 3 rings (SSSR count). The molecule has 6 heteroatoms. The lowest BCUT2D eigenvalue weighted by atomic mass is 10.1. The maximum atomic E-state index is 12.5. The van der Waals surface area contributed by atoms with Gasteiger partial charge in [0.2, 0.25) is 0 Å². The van der Waals surface area contributed by atoms with E-state index in [9.17, 15) is 9.59 Å². The Bertz CT molecular complexity index is 606. The van der Waals surface area contributed by atoms with E-state index in [1.54, 1.807) is 18.2 Å². The number of nitrogens with zero attached hydrogens (tertiary/aromatic N) is 1. The van der Waals surface area contributed by atoms with Gasteiger partial charge in [0.05, 0.1) is 11.7 Å². The number of benzene rings is 1. The van der Waals surface area contributed by atoms with E-state index in [1.165, 1.54) is 12.8 Å². The number of carbonyl (C=O) groups is 2. The Morgan fingerprint density at radius 3 is 2.62 bits per heavy atom. The minimum absolute atomic E-state index is 0.0125. The molecule has 2 saturated heterocycles. The molecule has 2 heterocycles. The maximum Gasteiger partial charge on any atom is 0.260 e. The Labute approximate surface area is 154 Å². The van der Waals surface area contributed by atoms with E-state index < -0.39 is 0 Å². The first kappa shape index (κ1) is 18.7. The van der Waals surface area contributed by atoms with Crippen molar-refractivity contribution in [3.63, 3.8) is 0 Å². The van der Waals surface area contributed by atoms with E-state index in [1.807, 2.05) is 11.0 Å². The van der Waals surface area contributed by atoms with Crippen molar-refractivity contribution in [3.05, 3.63) is 29.8 Å². The molecular weight excluding hydrogens is 332 g/mol. The minimum atomic E-state index is -0.196. The molecule has 0 radical (unpaired) electrons. The fourth-order valence-corrected chi connectivity index (χ4v) is 3.44. The highest BCUT2D eigenvalue weighted by Gasteiger charge is 2.20. The third-order valence-corrected chi connectivity index (χ3v) is 4.96. The highest BCUT2D eigenvalue weighted by molar-refractivity contribution is 5.97. The summed E-state index contributed by atoms with van der Waals surface area (Å²) >= 11 is 0. The van der Waals surface area contributed by atoms with Gasteiger partial charge < -0.3 is 19.7 Å². The Morgan fingerprint density at radius 1 is 1.12 bits per heavy atom. The first-order chi connectivity index (χ1) is 12.7. The lowest BCUT2D eigenvalue weighted by molar-refractivity contribution is -0.133. The lowest BCUT2D eigenvalue weighted by Crippen LogP contribution is -2.36. The van der Waals surface area contributed by atoms with Gasteiger partial charge in [-0.1, -0.05) is 25.0 Å². The second-order valence-electron chi connectivity index (χ2n) is 6.92. The number of likely N-dealkylation sites (tertiary alicyclic amines) is 1. The molecule has 6 nitrogen and oxygen atoms in total. The van der Waals surface area contributed by atoms with Gasteiger partial charge in [0.25, 0.3) is 11.8 Å². The molecule has 0 bridgehead atoms. The molecule has 1 unspecified atom stereocenters. The van der Waals surface area contributed by atoms with Crippen molar-refractivity contribution in [2.24, 2.45) is 0 Å². The number of rotatable bonds is 6. The number of hydrogen-bond donors (Lipinski definition) is 1. The summed E-state index contributed by atoms with van der Waals surface area (Å²) in [6.07, 6.45) is 6.57. The summed E-state index contributed by atoms with van der Waals surface area (Å²) in [5.74, 6) is 0.236. The second kappa shape index (κ2) is 9.57. The molecule has 1 N–H and O–H groups in total. The van der Waals surface area contributed by atoms with Crippen molar-refractivity contribution in [2.45, 2.75) is 44.6 Å². The molecule has 2 aliphatic heterocycles. The third kappa shape index (κ3) is 5.21. The molecule has 2 fully saturated rings. The number of nitrogens with one attached hydrogen (secondary N) is 1. The zero-order valence-corrected chi connectivity index (χ0v) is 15.2. The van der Waals surface area contributed by atoms with E-state index in [2.05, 4.69) is 5.32 Å². The standard InChI is InChI=1S/C20H28N2O4/c23-19(22-11-5-1-2-6-12-22)15-26-18-10-4-3-9-17(18)20(24)21-14-16-8-7-13-25-16/h3-4,9-10,16H,1-2,5-8,11-15H2,(H,21,24). The Hall–Kier alpha value is -2.08. The zero-order valence-electron chi connectivity index (χ0n) is 15.2. The van der Waals surface area contributed by atoms with Crippen LogP contribution in [0.3, 0.4) is 0 Å².